The van der Waals surface area contributed by atoms with Gasteiger partial charge in [0.2, 0.25) is 15.9 Å². The predicted molar refractivity (Wildman–Crippen MR) is 89.6 cm³/mol. The van der Waals surface area contributed by atoms with Gasteiger partial charge in [0.1, 0.15) is 0 Å². The van der Waals surface area contributed by atoms with Crippen molar-refractivity contribution in [2.75, 3.05) is 5.43 Å². The van der Waals surface area contributed by atoms with E-state index in [2.05, 4.69) is 10.9 Å². The first kappa shape index (κ1) is 17.6. The quantitative estimate of drug-likeness (QED) is 0.517. The number of hydrazine groups is 1. The van der Waals surface area contributed by atoms with Crippen molar-refractivity contribution in [1.29, 1.82) is 0 Å². The SMILES string of the molecule is NS(=O)(=O)c1ccc(NNC(=O)CCC(=O)c2ccccc2)cc1. The lowest BCUT2D eigenvalue weighted by molar-refractivity contribution is -0.120. The molecule has 0 bridgehead atoms. The van der Waals surface area contributed by atoms with Gasteiger partial charge in [0, 0.05) is 18.4 Å². The number of amides is 1. The highest BCUT2D eigenvalue weighted by Crippen LogP contribution is 2.12. The molecule has 0 saturated heterocycles. The van der Waals surface area contributed by atoms with Crippen LogP contribution in [0.2, 0.25) is 0 Å². The van der Waals surface area contributed by atoms with Crippen LogP contribution in [-0.4, -0.2) is 20.1 Å². The smallest absolute Gasteiger partial charge is 0.238 e. The van der Waals surface area contributed by atoms with Gasteiger partial charge < -0.3 is 0 Å². The molecule has 2 aromatic rings. The molecular formula is C16H17N3O4S. The van der Waals surface area contributed by atoms with Gasteiger partial charge in [0.15, 0.2) is 5.78 Å². The Hall–Kier alpha value is -2.71. The van der Waals surface area contributed by atoms with Crippen LogP contribution in [0.25, 0.3) is 0 Å². The first-order valence-corrected chi connectivity index (χ1v) is 8.67. The molecule has 0 saturated carbocycles. The molecule has 0 aliphatic heterocycles. The molecule has 0 aromatic heterocycles. The molecule has 7 nitrogen and oxygen atoms in total. The van der Waals surface area contributed by atoms with Crippen molar-refractivity contribution in [1.82, 2.24) is 5.43 Å². The first-order chi connectivity index (χ1) is 11.4. The zero-order valence-corrected chi connectivity index (χ0v) is 13.5. The number of hydrogen-bond acceptors (Lipinski definition) is 5. The number of anilines is 1. The molecule has 2 aromatic carbocycles. The van der Waals surface area contributed by atoms with Crippen LogP contribution in [0.3, 0.4) is 0 Å². The summed E-state index contributed by atoms with van der Waals surface area (Å²) < 4.78 is 22.3. The van der Waals surface area contributed by atoms with Crippen molar-refractivity contribution >= 4 is 27.4 Å². The van der Waals surface area contributed by atoms with Gasteiger partial charge in [0.05, 0.1) is 10.6 Å². The Kier molecular flexibility index (Phi) is 5.67. The summed E-state index contributed by atoms with van der Waals surface area (Å²) in [5.41, 5.74) is 6.14. The third kappa shape index (κ3) is 5.18. The molecule has 0 heterocycles. The Morgan fingerprint density at radius 3 is 2.12 bits per heavy atom. The van der Waals surface area contributed by atoms with E-state index in [0.29, 0.717) is 11.3 Å². The van der Waals surface area contributed by atoms with Gasteiger partial charge in [-0.15, -0.1) is 0 Å². The number of hydrogen-bond donors (Lipinski definition) is 3. The molecule has 0 atom stereocenters. The van der Waals surface area contributed by atoms with Crippen molar-refractivity contribution in [2.45, 2.75) is 17.7 Å². The van der Waals surface area contributed by atoms with E-state index in [1.807, 2.05) is 6.07 Å². The van der Waals surface area contributed by atoms with E-state index < -0.39 is 10.0 Å². The maximum Gasteiger partial charge on any atom is 0.238 e. The number of benzene rings is 2. The number of nitrogens with one attached hydrogen (secondary N) is 2. The van der Waals surface area contributed by atoms with Crippen molar-refractivity contribution in [2.24, 2.45) is 5.14 Å². The molecule has 0 aliphatic rings. The Morgan fingerprint density at radius 2 is 1.54 bits per heavy atom. The van der Waals surface area contributed by atoms with Gasteiger partial charge in [-0.05, 0) is 24.3 Å². The molecule has 4 N–H and O–H groups in total. The van der Waals surface area contributed by atoms with Crippen LogP contribution in [0.15, 0.2) is 59.5 Å². The predicted octanol–water partition coefficient (Wildman–Crippen LogP) is 1.44. The van der Waals surface area contributed by atoms with Gasteiger partial charge in [0.25, 0.3) is 0 Å². The van der Waals surface area contributed by atoms with Gasteiger partial charge >= 0.3 is 0 Å². The van der Waals surface area contributed by atoms with Crippen LogP contribution >= 0.6 is 0 Å². The third-order valence-electron chi connectivity index (χ3n) is 3.20. The molecule has 0 unspecified atom stereocenters. The molecule has 0 aliphatic carbocycles. The fourth-order valence-electron chi connectivity index (χ4n) is 1.93. The second-order valence-electron chi connectivity index (χ2n) is 5.03. The zero-order valence-electron chi connectivity index (χ0n) is 12.7. The number of carbonyl (C=O) groups is 2. The average molecular weight is 347 g/mol. The lowest BCUT2D eigenvalue weighted by Gasteiger charge is -2.09. The Labute approximate surface area is 139 Å². The van der Waals surface area contributed by atoms with E-state index in [1.165, 1.54) is 24.3 Å². The normalized spacial score (nSPS) is 10.9. The fourth-order valence-corrected chi connectivity index (χ4v) is 2.44. The highest BCUT2D eigenvalue weighted by Gasteiger charge is 2.09. The molecule has 2 rings (SSSR count). The number of rotatable bonds is 7. The van der Waals surface area contributed by atoms with Crippen molar-refractivity contribution < 1.29 is 18.0 Å². The molecular weight excluding hydrogens is 330 g/mol. The van der Waals surface area contributed by atoms with Crippen molar-refractivity contribution in [3.05, 3.63) is 60.2 Å². The third-order valence-corrected chi connectivity index (χ3v) is 4.13. The number of nitrogens with two attached hydrogens (primary N) is 1. The first-order valence-electron chi connectivity index (χ1n) is 7.12. The zero-order chi connectivity index (χ0) is 17.6. The van der Waals surface area contributed by atoms with E-state index in [1.54, 1.807) is 24.3 Å². The molecule has 0 radical (unpaired) electrons. The number of ketones is 1. The van der Waals surface area contributed by atoms with Gasteiger partial charge in [-0.2, -0.15) is 0 Å². The van der Waals surface area contributed by atoms with Gasteiger partial charge in [-0.25, -0.2) is 13.6 Å². The Bertz CT molecular complexity index is 818. The number of Topliss-reactive ketones (excluding diaryl/α,β-unsaturated/α-hetero) is 1. The fraction of sp³-hybridized carbons (Fsp3) is 0.125. The lowest BCUT2D eigenvalue weighted by Crippen LogP contribution is -2.29. The van der Waals surface area contributed by atoms with Crippen molar-refractivity contribution in [3.8, 4) is 0 Å². The average Bonchev–Trinajstić information content (AvgIpc) is 2.58. The van der Waals surface area contributed by atoms with E-state index in [4.69, 9.17) is 5.14 Å². The van der Waals surface area contributed by atoms with Gasteiger partial charge in [-0.3, -0.25) is 20.4 Å². The van der Waals surface area contributed by atoms with E-state index >= 15 is 0 Å². The molecule has 0 fully saturated rings. The number of carbonyl (C=O) groups excluding carboxylic acids is 2. The summed E-state index contributed by atoms with van der Waals surface area (Å²) >= 11 is 0. The number of primary sulfonamides is 1. The standard InChI is InChI=1S/C16H17N3O4S/c17-24(22,23)14-8-6-13(7-9-14)18-19-16(21)11-10-15(20)12-4-2-1-3-5-12/h1-9,18H,10-11H2,(H,19,21)(H2,17,22,23). The summed E-state index contributed by atoms with van der Waals surface area (Å²) in [5.74, 6) is -0.460. The highest BCUT2D eigenvalue weighted by molar-refractivity contribution is 7.89. The minimum absolute atomic E-state index is 0.0205. The summed E-state index contributed by atoms with van der Waals surface area (Å²) in [7, 11) is -3.75. The maximum absolute atomic E-state index is 11.9. The summed E-state index contributed by atoms with van der Waals surface area (Å²) in [5, 5.41) is 5.00. The molecule has 24 heavy (non-hydrogen) atoms. The summed E-state index contributed by atoms with van der Waals surface area (Å²) in [6.45, 7) is 0. The van der Waals surface area contributed by atoms with Crippen LogP contribution in [0.1, 0.15) is 23.2 Å². The van der Waals surface area contributed by atoms with Crippen molar-refractivity contribution in [3.63, 3.8) is 0 Å². The highest BCUT2D eigenvalue weighted by atomic mass is 32.2. The van der Waals surface area contributed by atoms with Crippen LogP contribution < -0.4 is 16.0 Å². The monoisotopic (exact) mass is 347 g/mol. The number of sulfonamides is 1. The minimum atomic E-state index is -3.75. The summed E-state index contributed by atoms with van der Waals surface area (Å²) in [4.78, 5) is 23.6. The van der Waals surface area contributed by atoms with E-state index in [0.717, 1.165) is 0 Å². The van der Waals surface area contributed by atoms with Crippen LogP contribution in [0.5, 0.6) is 0 Å². The van der Waals surface area contributed by atoms with Crippen LogP contribution in [0, 0.1) is 0 Å². The molecule has 126 valence electrons. The Morgan fingerprint density at radius 1 is 0.917 bits per heavy atom. The second-order valence-corrected chi connectivity index (χ2v) is 6.59. The second kappa shape index (κ2) is 7.71. The summed E-state index contributed by atoms with van der Waals surface area (Å²) in [6, 6.07) is 14.3. The maximum atomic E-state index is 11.9. The van der Waals surface area contributed by atoms with Crippen LogP contribution in [-0.2, 0) is 14.8 Å². The van der Waals surface area contributed by atoms with E-state index in [-0.39, 0.29) is 29.4 Å². The molecule has 0 spiro atoms. The molecule has 8 heteroatoms. The van der Waals surface area contributed by atoms with E-state index in [9.17, 15) is 18.0 Å². The summed E-state index contributed by atoms with van der Waals surface area (Å²) in [6.07, 6.45) is 0.137. The lowest BCUT2D eigenvalue weighted by atomic mass is 10.1. The Balaban J connectivity index is 1.80. The minimum Gasteiger partial charge on any atom is -0.299 e. The largest absolute Gasteiger partial charge is 0.299 e. The van der Waals surface area contributed by atoms with Gasteiger partial charge in [-0.1, -0.05) is 30.3 Å². The topological polar surface area (TPSA) is 118 Å². The van der Waals surface area contributed by atoms with Crippen LogP contribution in [0.4, 0.5) is 5.69 Å². The molecule has 1 amide bonds.